The van der Waals surface area contributed by atoms with Crippen LogP contribution in [0.15, 0.2) is 24.3 Å². The van der Waals surface area contributed by atoms with Crippen LogP contribution in [-0.2, 0) is 6.54 Å². The third-order valence-electron chi connectivity index (χ3n) is 1.76. The summed E-state index contributed by atoms with van der Waals surface area (Å²) >= 11 is 0. The van der Waals surface area contributed by atoms with Gasteiger partial charge in [-0.05, 0) is 24.7 Å². The molecule has 0 atom stereocenters. The van der Waals surface area contributed by atoms with E-state index in [1.165, 1.54) is 5.56 Å². The molecular weight excluding hydrogens is 212 g/mol. The fourth-order valence-electron chi connectivity index (χ4n) is 1.16. The zero-order chi connectivity index (χ0) is 10.2. The summed E-state index contributed by atoms with van der Waals surface area (Å²) in [7, 11) is 1.91. The molecule has 0 saturated heterocycles. The molecule has 0 amide bonds. The van der Waals surface area contributed by atoms with Gasteiger partial charge >= 0.3 is 0 Å². The van der Waals surface area contributed by atoms with Crippen molar-refractivity contribution in [3.8, 4) is 11.8 Å². The van der Waals surface area contributed by atoms with Crippen LogP contribution in [0.5, 0.6) is 5.75 Å². The summed E-state index contributed by atoms with van der Waals surface area (Å²) in [6.45, 7) is 1.29. The van der Waals surface area contributed by atoms with Crippen LogP contribution in [0.25, 0.3) is 0 Å². The summed E-state index contributed by atoms with van der Waals surface area (Å²) in [5, 5.41) is 11.4. The Balaban J connectivity index is 0.00000196. The van der Waals surface area contributed by atoms with Gasteiger partial charge in [0.1, 0.15) is 12.4 Å². The van der Waals surface area contributed by atoms with E-state index in [9.17, 15) is 0 Å². The molecule has 0 fully saturated rings. The first-order valence-corrected chi connectivity index (χ1v) is 4.60. The van der Waals surface area contributed by atoms with Gasteiger partial charge in [0.15, 0.2) is 0 Å². The number of halogens is 1. The molecule has 0 aliphatic heterocycles. The maximum Gasteiger partial charge on any atom is 0.119 e. The lowest BCUT2D eigenvalue weighted by molar-refractivity contribution is 0.326. The minimum atomic E-state index is 0. The summed E-state index contributed by atoms with van der Waals surface area (Å²) in [4.78, 5) is 0. The molecule has 15 heavy (non-hydrogen) atoms. The van der Waals surface area contributed by atoms with Gasteiger partial charge in [0.2, 0.25) is 0 Å². The van der Waals surface area contributed by atoms with Crippen LogP contribution >= 0.6 is 12.4 Å². The molecule has 0 heterocycles. The topological polar surface area (TPSA) is 45.0 Å². The number of nitriles is 1. The maximum atomic E-state index is 8.34. The highest BCUT2D eigenvalue weighted by Gasteiger charge is 1.95. The van der Waals surface area contributed by atoms with Gasteiger partial charge in [0, 0.05) is 6.54 Å². The first-order chi connectivity index (χ1) is 6.86. The Morgan fingerprint density at radius 1 is 1.47 bits per heavy atom. The van der Waals surface area contributed by atoms with Crippen molar-refractivity contribution in [3.05, 3.63) is 29.8 Å². The minimum Gasteiger partial charge on any atom is -0.493 e. The van der Waals surface area contributed by atoms with E-state index < -0.39 is 0 Å². The Hall–Kier alpha value is -1.24. The molecule has 1 rings (SSSR count). The fourth-order valence-corrected chi connectivity index (χ4v) is 1.16. The van der Waals surface area contributed by atoms with E-state index in [4.69, 9.17) is 10.00 Å². The van der Waals surface area contributed by atoms with E-state index in [1.807, 2.05) is 37.4 Å². The summed E-state index contributed by atoms with van der Waals surface area (Å²) in [5.74, 6) is 0.827. The van der Waals surface area contributed by atoms with Gasteiger partial charge in [-0.2, -0.15) is 5.26 Å². The van der Waals surface area contributed by atoms with Crippen LogP contribution in [0.3, 0.4) is 0 Å². The molecule has 1 aromatic carbocycles. The zero-order valence-electron chi connectivity index (χ0n) is 8.69. The lowest BCUT2D eigenvalue weighted by atomic mass is 10.2. The second-order valence-corrected chi connectivity index (χ2v) is 2.93. The maximum absolute atomic E-state index is 8.34. The van der Waals surface area contributed by atoms with Crippen molar-refractivity contribution in [2.75, 3.05) is 13.7 Å². The van der Waals surface area contributed by atoms with Crippen LogP contribution in [-0.4, -0.2) is 13.7 Å². The summed E-state index contributed by atoms with van der Waals surface area (Å²) in [6.07, 6.45) is 0.427. The number of rotatable bonds is 5. The lowest BCUT2D eigenvalue weighted by Gasteiger charge is -2.05. The number of ether oxygens (including phenoxy) is 1. The predicted octanol–water partition coefficient (Wildman–Crippen LogP) is 2.12. The Bertz CT molecular complexity index is 323. The Kier molecular flexibility index (Phi) is 7.43. The average molecular weight is 227 g/mol. The Labute approximate surface area is 96.5 Å². The van der Waals surface area contributed by atoms with E-state index in [0.717, 1.165) is 12.3 Å². The monoisotopic (exact) mass is 226 g/mol. The van der Waals surface area contributed by atoms with Crippen molar-refractivity contribution >= 4 is 12.4 Å². The fraction of sp³-hybridized carbons (Fsp3) is 0.364. The van der Waals surface area contributed by atoms with Crippen LogP contribution in [0.2, 0.25) is 0 Å². The summed E-state index contributed by atoms with van der Waals surface area (Å²) < 4.78 is 5.38. The van der Waals surface area contributed by atoms with Crippen LogP contribution in [0, 0.1) is 11.3 Å². The van der Waals surface area contributed by atoms with Gasteiger partial charge in [-0.25, -0.2) is 0 Å². The highest BCUT2D eigenvalue weighted by molar-refractivity contribution is 5.85. The minimum absolute atomic E-state index is 0. The third-order valence-corrected chi connectivity index (χ3v) is 1.76. The van der Waals surface area contributed by atoms with E-state index in [0.29, 0.717) is 13.0 Å². The van der Waals surface area contributed by atoms with E-state index in [-0.39, 0.29) is 12.4 Å². The van der Waals surface area contributed by atoms with Gasteiger partial charge in [0.25, 0.3) is 0 Å². The van der Waals surface area contributed by atoms with Gasteiger partial charge in [-0.1, -0.05) is 12.1 Å². The van der Waals surface area contributed by atoms with Crippen molar-refractivity contribution in [3.63, 3.8) is 0 Å². The molecule has 0 aliphatic carbocycles. The van der Waals surface area contributed by atoms with Gasteiger partial charge < -0.3 is 10.1 Å². The van der Waals surface area contributed by atoms with E-state index in [1.54, 1.807) is 0 Å². The lowest BCUT2D eigenvalue weighted by Crippen LogP contribution is -2.05. The Morgan fingerprint density at radius 3 is 2.93 bits per heavy atom. The van der Waals surface area contributed by atoms with Gasteiger partial charge in [0.05, 0.1) is 12.5 Å². The molecule has 0 radical (unpaired) electrons. The van der Waals surface area contributed by atoms with Crippen molar-refractivity contribution in [2.45, 2.75) is 13.0 Å². The molecule has 0 bridgehead atoms. The molecule has 0 spiro atoms. The van der Waals surface area contributed by atoms with Crippen molar-refractivity contribution < 1.29 is 4.74 Å². The molecule has 0 unspecified atom stereocenters. The number of benzene rings is 1. The molecule has 1 aromatic rings. The van der Waals surface area contributed by atoms with Crippen molar-refractivity contribution in [2.24, 2.45) is 0 Å². The van der Waals surface area contributed by atoms with Gasteiger partial charge in [-0.3, -0.25) is 0 Å². The molecule has 82 valence electrons. The quantitative estimate of drug-likeness (QED) is 0.783. The van der Waals surface area contributed by atoms with Gasteiger partial charge in [-0.15, -0.1) is 12.4 Å². The van der Waals surface area contributed by atoms with Crippen molar-refractivity contribution in [1.82, 2.24) is 5.32 Å². The molecule has 0 aliphatic rings. The first kappa shape index (κ1) is 13.8. The molecule has 3 nitrogen and oxygen atoms in total. The highest BCUT2D eigenvalue weighted by Crippen LogP contribution is 2.13. The number of nitrogens with one attached hydrogen (secondary N) is 1. The van der Waals surface area contributed by atoms with Crippen LogP contribution in [0.4, 0.5) is 0 Å². The average Bonchev–Trinajstić information content (AvgIpc) is 2.19. The molecule has 0 aromatic heterocycles. The Morgan fingerprint density at radius 2 is 2.27 bits per heavy atom. The standard InChI is InChI=1S/C11H14N2O.ClH/c1-13-9-10-4-2-5-11(8-10)14-7-3-6-12;/h2,4-5,8,13H,3,7,9H2,1H3;1H. The SMILES string of the molecule is CNCc1cccc(OCCC#N)c1.Cl. The summed E-state index contributed by atoms with van der Waals surface area (Å²) in [6, 6.07) is 9.91. The second kappa shape index (κ2) is 8.10. The van der Waals surface area contributed by atoms with Crippen LogP contribution < -0.4 is 10.1 Å². The largest absolute Gasteiger partial charge is 0.493 e. The van der Waals surface area contributed by atoms with E-state index >= 15 is 0 Å². The number of hydrogen-bond donors (Lipinski definition) is 1. The first-order valence-electron chi connectivity index (χ1n) is 4.60. The normalized spacial score (nSPS) is 8.80. The number of hydrogen-bond acceptors (Lipinski definition) is 3. The molecule has 1 N–H and O–H groups in total. The second-order valence-electron chi connectivity index (χ2n) is 2.93. The smallest absolute Gasteiger partial charge is 0.119 e. The number of nitrogens with zero attached hydrogens (tertiary/aromatic N) is 1. The van der Waals surface area contributed by atoms with Crippen molar-refractivity contribution in [1.29, 1.82) is 5.26 Å². The van der Waals surface area contributed by atoms with Crippen LogP contribution in [0.1, 0.15) is 12.0 Å². The molecule has 4 heteroatoms. The zero-order valence-corrected chi connectivity index (χ0v) is 9.51. The third kappa shape index (κ3) is 5.26. The summed E-state index contributed by atoms with van der Waals surface area (Å²) in [5.41, 5.74) is 1.18. The van der Waals surface area contributed by atoms with E-state index in [2.05, 4.69) is 5.32 Å². The molecular formula is C11H15ClN2O. The molecule has 0 saturated carbocycles. The predicted molar refractivity (Wildman–Crippen MR) is 62.2 cm³/mol. The highest BCUT2D eigenvalue weighted by atomic mass is 35.5.